The predicted molar refractivity (Wildman–Crippen MR) is 168 cm³/mol. The lowest BCUT2D eigenvalue weighted by Crippen LogP contribution is -2.52. The molecule has 0 bridgehead atoms. The van der Waals surface area contributed by atoms with Crippen LogP contribution in [0.5, 0.6) is 0 Å². The van der Waals surface area contributed by atoms with Crippen LogP contribution in [0.1, 0.15) is 83.5 Å². The van der Waals surface area contributed by atoms with E-state index in [-0.39, 0.29) is 65.1 Å². The summed E-state index contributed by atoms with van der Waals surface area (Å²) in [5.74, 6) is -1.72. The molecular weight excluding hydrogens is 627 g/mol. The fraction of sp³-hybridized carbons (Fsp3) is 0.906. The van der Waals surface area contributed by atoms with E-state index < -0.39 is 17.8 Å². The number of rotatable bonds is 13. The summed E-state index contributed by atoms with van der Waals surface area (Å²) in [5.41, 5.74) is 0. The fourth-order valence-electron chi connectivity index (χ4n) is 8.48. The van der Waals surface area contributed by atoms with Crippen molar-refractivity contribution in [2.75, 3.05) is 27.4 Å². The van der Waals surface area contributed by atoms with Gasteiger partial charge in [-0.15, -0.1) is 23.2 Å². The largest absolute Gasteiger partial charge is 0.481 e. The van der Waals surface area contributed by atoms with Crippen molar-refractivity contribution in [1.82, 2.24) is 10.6 Å². The van der Waals surface area contributed by atoms with E-state index in [4.69, 9.17) is 43.0 Å². The van der Waals surface area contributed by atoms with E-state index in [0.29, 0.717) is 44.1 Å². The molecule has 0 aromatic heterocycles. The highest BCUT2D eigenvalue weighted by molar-refractivity contribution is 6.21. The zero-order chi connectivity index (χ0) is 32.5. The van der Waals surface area contributed by atoms with Crippen LogP contribution in [0.4, 0.5) is 0 Å². The summed E-state index contributed by atoms with van der Waals surface area (Å²) in [6.45, 7) is 0.563. The first-order valence-corrected chi connectivity index (χ1v) is 17.6. The van der Waals surface area contributed by atoms with E-state index >= 15 is 0 Å². The SMILES string of the molecule is COOCC1CCC(C(=O)O)C(C(=O)NC2CCC(CC3CCC(NC4CC(C(=O)OC)CCC4COO)C(Cl)C3)CC2Cl)C1. The average molecular weight is 680 g/mol. The number of esters is 1. The minimum atomic E-state index is -0.932. The molecule has 4 fully saturated rings. The quantitative estimate of drug-likeness (QED) is 0.0927. The van der Waals surface area contributed by atoms with E-state index in [1.807, 2.05) is 0 Å². The van der Waals surface area contributed by atoms with Gasteiger partial charge in [-0.25, -0.2) is 14.7 Å². The average Bonchev–Trinajstić information content (AvgIpc) is 3.02. The number of alkyl halides is 2. The Kier molecular flexibility index (Phi) is 14.5. The topological polar surface area (TPSA) is 153 Å². The molecule has 0 radical (unpaired) electrons. The Morgan fingerprint density at radius 2 is 1.42 bits per heavy atom. The third-order valence-electron chi connectivity index (χ3n) is 11.0. The van der Waals surface area contributed by atoms with E-state index in [2.05, 4.69) is 15.5 Å². The van der Waals surface area contributed by atoms with Crippen molar-refractivity contribution in [3.8, 4) is 0 Å². The van der Waals surface area contributed by atoms with Gasteiger partial charge in [0.2, 0.25) is 5.91 Å². The van der Waals surface area contributed by atoms with Crippen LogP contribution in [-0.4, -0.2) is 84.5 Å². The van der Waals surface area contributed by atoms with Crippen LogP contribution in [0.2, 0.25) is 0 Å². The maximum Gasteiger partial charge on any atom is 0.308 e. The van der Waals surface area contributed by atoms with Crippen molar-refractivity contribution in [2.45, 2.75) is 112 Å². The molecule has 1 amide bonds. The lowest BCUT2D eigenvalue weighted by Gasteiger charge is -2.42. The summed E-state index contributed by atoms with van der Waals surface area (Å²) in [6.07, 6.45) is 10.1. The van der Waals surface area contributed by atoms with Crippen molar-refractivity contribution in [2.24, 2.45) is 41.4 Å². The summed E-state index contributed by atoms with van der Waals surface area (Å²) in [6, 6.07) is -0.0436. The number of carboxylic acids is 1. The molecule has 45 heavy (non-hydrogen) atoms. The van der Waals surface area contributed by atoms with E-state index in [0.717, 1.165) is 57.8 Å². The molecule has 0 aromatic rings. The number of hydrogen-bond donors (Lipinski definition) is 4. The van der Waals surface area contributed by atoms with Gasteiger partial charge in [0, 0.05) is 29.4 Å². The molecule has 258 valence electrons. The van der Waals surface area contributed by atoms with Crippen LogP contribution >= 0.6 is 23.2 Å². The van der Waals surface area contributed by atoms with Gasteiger partial charge >= 0.3 is 11.9 Å². The Morgan fingerprint density at radius 3 is 2.02 bits per heavy atom. The van der Waals surface area contributed by atoms with Crippen LogP contribution < -0.4 is 10.6 Å². The maximum absolute atomic E-state index is 13.3. The monoisotopic (exact) mass is 678 g/mol. The number of ether oxygens (including phenoxy) is 1. The second kappa shape index (κ2) is 17.8. The minimum absolute atomic E-state index is 0.0178. The van der Waals surface area contributed by atoms with Gasteiger partial charge in [-0.2, -0.15) is 0 Å². The molecule has 0 spiro atoms. The highest BCUT2D eigenvalue weighted by atomic mass is 35.5. The zero-order valence-corrected chi connectivity index (χ0v) is 28.1. The molecule has 13 heteroatoms. The second-order valence-corrected chi connectivity index (χ2v) is 15.0. The molecular formula is C32H52Cl2N2O9. The van der Waals surface area contributed by atoms with Gasteiger partial charge in [-0.1, -0.05) is 0 Å². The number of carboxylic acid groups (broad SMARTS) is 1. The van der Waals surface area contributed by atoms with E-state index in [1.54, 1.807) is 0 Å². The Hall–Kier alpha value is -1.21. The summed E-state index contributed by atoms with van der Waals surface area (Å²) in [5, 5.41) is 25.4. The number of aliphatic carboxylic acids is 1. The standard InChI is InChI=1S/C32H52Cl2N2O9/c1-42-32(40)21-6-7-22(17-44-41)29(15-21)35-27-9-4-18(13-25(27)33)11-19-5-10-28(26(34)14-19)36-30(37)24-12-20(16-45-43-2)3-8-23(24)31(38)39/h18-29,35,41H,3-17H2,1-2H3,(H,36,37)(H,38,39). The lowest BCUT2D eigenvalue weighted by molar-refractivity contribution is -0.281. The van der Waals surface area contributed by atoms with Crippen LogP contribution in [-0.2, 0) is 33.8 Å². The first-order valence-electron chi connectivity index (χ1n) is 16.7. The van der Waals surface area contributed by atoms with Crippen molar-refractivity contribution >= 4 is 41.0 Å². The van der Waals surface area contributed by atoms with Crippen LogP contribution in [0.25, 0.3) is 0 Å². The van der Waals surface area contributed by atoms with Gasteiger partial charge < -0.3 is 20.5 Å². The molecule has 0 aliphatic heterocycles. The number of nitrogens with one attached hydrogen (secondary N) is 2. The van der Waals surface area contributed by atoms with Crippen molar-refractivity contribution < 1.29 is 44.1 Å². The fourth-order valence-corrected chi connectivity index (χ4v) is 9.37. The van der Waals surface area contributed by atoms with Gasteiger partial charge in [-0.3, -0.25) is 19.6 Å². The number of amides is 1. The molecule has 0 saturated heterocycles. The molecule has 0 heterocycles. The number of halogens is 2. The van der Waals surface area contributed by atoms with E-state index in [9.17, 15) is 19.5 Å². The molecule has 4 rings (SSSR count). The summed E-state index contributed by atoms with van der Waals surface area (Å²) in [4.78, 5) is 51.7. The molecule has 11 nitrogen and oxygen atoms in total. The number of carbonyl (C=O) groups is 3. The first kappa shape index (κ1) is 36.6. The lowest BCUT2D eigenvalue weighted by atomic mass is 9.73. The Labute approximate surface area is 276 Å². The number of carbonyl (C=O) groups excluding carboxylic acids is 2. The third kappa shape index (κ3) is 10.1. The van der Waals surface area contributed by atoms with Gasteiger partial charge in [0.05, 0.1) is 50.6 Å². The van der Waals surface area contributed by atoms with Crippen LogP contribution in [0.3, 0.4) is 0 Å². The Bertz CT molecular complexity index is 977. The smallest absolute Gasteiger partial charge is 0.308 e. The van der Waals surface area contributed by atoms with Gasteiger partial charge in [0.1, 0.15) is 0 Å². The maximum atomic E-state index is 13.3. The Balaban J connectivity index is 1.23. The molecule has 4 aliphatic rings. The predicted octanol–water partition coefficient (Wildman–Crippen LogP) is 4.78. The van der Waals surface area contributed by atoms with Gasteiger partial charge in [0.25, 0.3) is 0 Å². The second-order valence-electron chi connectivity index (χ2n) is 13.9. The minimum Gasteiger partial charge on any atom is -0.481 e. The van der Waals surface area contributed by atoms with Gasteiger partial charge in [0.15, 0.2) is 0 Å². The highest BCUT2D eigenvalue weighted by Gasteiger charge is 2.42. The highest BCUT2D eigenvalue weighted by Crippen LogP contribution is 2.40. The normalized spacial score (nSPS) is 39.1. The summed E-state index contributed by atoms with van der Waals surface area (Å²) < 4.78 is 4.99. The summed E-state index contributed by atoms with van der Waals surface area (Å²) in [7, 11) is 2.86. The zero-order valence-electron chi connectivity index (χ0n) is 26.5. The molecule has 4 N–H and O–H groups in total. The number of hydrogen-bond acceptors (Lipinski definition) is 9. The molecule has 0 aromatic carbocycles. The number of methoxy groups -OCH3 is 1. The summed E-state index contributed by atoms with van der Waals surface area (Å²) >= 11 is 13.8. The van der Waals surface area contributed by atoms with Crippen molar-refractivity contribution in [3.63, 3.8) is 0 Å². The van der Waals surface area contributed by atoms with Crippen molar-refractivity contribution in [1.29, 1.82) is 0 Å². The first-order chi connectivity index (χ1) is 21.6. The molecule has 12 atom stereocenters. The molecule has 12 unspecified atom stereocenters. The van der Waals surface area contributed by atoms with Gasteiger partial charge in [-0.05, 0) is 101 Å². The van der Waals surface area contributed by atoms with E-state index in [1.165, 1.54) is 14.2 Å². The molecule has 4 saturated carbocycles. The Morgan fingerprint density at radius 1 is 0.756 bits per heavy atom. The molecule has 4 aliphatic carbocycles. The van der Waals surface area contributed by atoms with Crippen LogP contribution in [0, 0.1) is 41.4 Å². The van der Waals surface area contributed by atoms with Crippen molar-refractivity contribution in [3.05, 3.63) is 0 Å². The van der Waals surface area contributed by atoms with Crippen LogP contribution in [0.15, 0.2) is 0 Å². The third-order valence-corrected chi connectivity index (χ3v) is 12.0.